The van der Waals surface area contributed by atoms with Crippen LogP contribution in [-0.2, 0) is 11.3 Å². The summed E-state index contributed by atoms with van der Waals surface area (Å²) in [6.07, 6.45) is 6.11. The first-order valence-corrected chi connectivity index (χ1v) is 9.09. The second-order valence-corrected chi connectivity index (χ2v) is 6.22. The first-order chi connectivity index (χ1) is 14.1. The lowest BCUT2D eigenvalue weighted by atomic mass is 10.1. The first kappa shape index (κ1) is 19.9. The molecule has 0 unspecified atom stereocenters. The van der Waals surface area contributed by atoms with Gasteiger partial charge in [0, 0.05) is 29.6 Å². The number of carbonyl (C=O) groups is 2. The van der Waals surface area contributed by atoms with Crippen molar-refractivity contribution in [3.8, 4) is 5.75 Å². The summed E-state index contributed by atoms with van der Waals surface area (Å²) in [5.41, 5.74) is 2.19. The van der Waals surface area contributed by atoms with Gasteiger partial charge in [-0.15, -0.1) is 0 Å². The van der Waals surface area contributed by atoms with Gasteiger partial charge >= 0.3 is 5.97 Å². The molecule has 1 aromatic heterocycles. The van der Waals surface area contributed by atoms with Crippen molar-refractivity contribution in [3.05, 3.63) is 89.8 Å². The molecule has 3 aromatic rings. The monoisotopic (exact) mass is 391 g/mol. The van der Waals surface area contributed by atoms with Gasteiger partial charge in [-0.05, 0) is 35.9 Å². The lowest BCUT2D eigenvalue weighted by Crippen LogP contribution is -2.28. The summed E-state index contributed by atoms with van der Waals surface area (Å²) in [4.78, 5) is 22.9. The van der Waals surface area contributed by atoms with E-state index in [0.29, 0.717) is 30.0 Å². The minimum Gasteiger partial charge on any atom is -0.491 e. The fraction of sp³-hybridized carbons (Fsp3) is 0.136. The number of nitrogens with one attached hydrogen (secondary N) is 1. The molecule has 148 valence electrons. The number of hydrogen-bond donors (Lipinski definition) is 2. The van der Waals surface area contributed by atoms with Crippen molar-refractivity contribution in [3.63, 3.8) is 0 Å². The molecule has 0 spiro atoms. The number of aliphatic carboxylic acids is 1. The summed E-state index contributed by atoms with van der Waals surface area (Å²) in [7, 11) is 0. The summed E-state index contributed by atoms with van der Waals surface area (Å²) >= 11 is 0. The van der Waals surface area contributed by atoms with Crippen LogP contribution in [0.1, 0.15) is 21.5 Å². The quantitative estimate of drug-likeness (QED) is 0.432. The Morgan fingerprint density at radius 1 is 1.14 bits per heavy atom. The molecule has 3 rings (SSSR count). The zero-order valence-electron chi connectivity index (χ0n) is 15.7. The Morgan fingerprint density at radius 3 is 2.69 bits per heavy atom. The average molecular weight is 391 g/mol. The molecule has 0 aliphatic carbocycles. The van der Waals surface area contributed by atoms with Crippen LogP contribution in [-0.4, -0.2) is 39.9 Å². The first-order valence-electron chi connectivity index (χ1n) is 9.09. The van der Waals surface area contributed by atoms with Crippen molar-refractivity contribution in [1.82, 2.24) is 15.1 Å². The largest absolute Gasteiger partial charge is 0.491 e. The van der Waals surface area contributed by atoms with Crippen LogP contribution in [0.4, 0.5) is 0 Å². The molecule has 0 bridgehead atoms. The SMILES string of the molecule is O=C(O)/C=C/c1ccc(Cn2cccn2)cc1OCCNC(=O)c1ccccc1. The number of carbonyl (C=O) groups excluding carboxylic acids is 1. The van der Waals surface area contributed by atoms with Crippen molar-refractivity contribution >= 4 is 18.0 Å². The maximum absolute atomic E-state index is 12.1. The molecular weight excluding hydrogens is 370 g/mol. The molecule has 1 heterocycles. The normalized spacial score (nSPS) is 10.8. The van der Waals surface area contributed by atoms with Gasteiger partial charge in [-0.1, -0.05) is 30.3 Å². The average Bonchev–Trinajstić information content (AvgIpc) is 3.24. The Morgan fingerprint density at radius 2 is 1.97 bits per heavy atom. The summed E-state index contributed by atoms with van der Waals surface area (Å²) in [6.45, 7) is 1.13. The highest BCUT2D eigenvalue weighted by atomic mass is 16.5. The van der Waals surface area contributed by atoms with Crippen LogP contribution >= 0.6 is 0 Å². The van der Waals surface area contributed by atoms with Crippen molar-refractivity contribution in [1.29, 1.82) is 0 Å². The number of carboxylic acids is 1. The van der Waals surface area contributed by atoms with Crippen molar-refractivity contribution in [2.24, 2.45) is 0 Å². The minimum atomic E-state index is -1.04. The zero-order chi connectivity index (χ0) is 20.5. The van der Waals surface area contributed by atoms with E-state index in [1.165, 1.54) is 6.08 Å². The standard InChI is InChI=1S/C22H21N3O4/c26-21(27)10-9-18-8-7-17(16-25-13-4-11-24-25)15-20(18)29-14-12-23-22(28)19-5-2-1-3-6-19/h1-11,13,15H,12,14,16H2,(H,23,28)(H,26,27)/b10-9+. The fourth-order valence-electron chi connectivity index (χ4n) is 2.70. The van der Waals surface area contributed by atoms with Gasteiger partial charge in [0.05, 0.1) is 13.1 Å². The van der Waals surface area contributed by atoms with Crippen LogP contribution < -0.4 is 10.1 Å². The van der Waals surface area contributed by atoms with E-state index >= 15 is 0 Å². The van der Waals surface area contributed by atoms with E-state index in [1.807, 2.05) is 30.5 Å². The molecule has 0 aliphatic heterocycles. The smallest absolute Gasteiger partial charge is 0.328 e. The molecule has 2 aromatic carbocycles. The Kier molecular flexibility index (Phi) is 6.78. The van der Waals surface area contributed by atoms with Gasteiger partial charge in [0.15, 0.2) is 0 Å². The number of amides is 1. The predicted octanol–water partition coefficient (Wildman–Crippen LogP) is 2.84. The van der Waals surface area contributed by atoms with Crippen LogP contribution in [0.3, 0.4) is 0 Å². The highest BCUT2D eigenvalue weighted by Gasteiger charge is 2.07. The molecule has 7 nitrogen and oxygen atoms in total. The van der Waals surface area contributed by atoms with E-state index in [4.69, 9.17) is 9.84 Å². The Balaban J connectivity index is 1.64. The van der Waals surface area contributed by atoms with Gasteiger partial charge in [-0.3, -0.25) is 9.48 Å². The van der Waals surface area contributed by atoms with Gasteiger partial charge in [0.2, 0.25) is 0 Å². The molecule has 0 fully saturated rings. The van der Waals surface area contributed by atoms with E-state index in [0.717, 1.165) is 11.6 Å². The number of carboxylic acid groups (broad SMARTS) is 1. The topological polar surface area (TPSA) is 93.4 Å². The highest BCUT2D eigenvalue weighted by molar-refractivity contribution is 5.94. The molecule has 2 N–H and O–H groups in total. The molecule has 0 atom stereocenters. The molecule has 0 saturated heterocycles. The van der Waals surface area contributed by atoms with E-state index in [9.17, 15) is 9.59 Å². The van der Waals surface area contributed by atoms with Crippen LogP contribution in [0.2, 0.25) is 0 Å². The summed E-state index contributed by atoms with van der Waals surface area (Å²) < 4.78 is 7.61. The van der Waals surface area contributed by atoms with E-state index in [-0.39, 0.29) is 12.5 Å². The number of benzene rings is 2. The fourth-order valence-corrected chi connectivity index (χ4v) is 2.70. The van der Waals surface area contributed by atoms with Crippen molar-refractivity contribution in [2.75, 3.05) is 13.2 Å². The Hall–Kier alpha value is -3.87. The van der Waals surface area contributed by atoms with Gasteiger partial charge in [0.1, 0.15) is 12.4 Å². The van der Waals surface area contributed by atoms with Gasteiger partial charge < -0.3 is 15.2 Å². The van der Waals surface area contributed by atoms with Crippen LogP contribution in [0.15, 0.2) is 73.1 Å². The molecular formula is C22H21N3O4. The number of aromatic nitrogens is 2. The summed E-state index contributed by atoms with van der Waals surface area (Å²) in [5, 5.41) is 15.9. The van der Waals surface area contributed by atoms with E-state index in [2.05, 4.69) is 10.4 Å². The second-order valence-electron chi connectivity index (χ2n) is 6.22. The van der Waals surface area contributed by atoms with E-state index < -0.39 is 5.97 Å². The third kappa shape index (κ3) is 6.07. The summed E-state index contributed by atoms with van der Waals surface area (Å²) in [6, 6.07) is 16.3. The molecule has 0 radical (unpaired) electrons. The van der Waals surface area contributed by atoms with Crippen LogP contribution in [0.25, 0.3) is 6.08 Å². The Bertz CT molecular complexity index is 983. The van der Waals surface area contributed by atoms with Crippen molar-refractivity contribution in [2.45, 2.75) is 6.54 Å². The number of hydrogen-bond acceptors (Lipinski definition) is 4. The Labute approximate surface area is 168 Å². The summed E-state index contributed by atoms with van der Waals surface area (Å²) in [5.74, 6) is -0.666. The predicted molar refractivity (Wildman–Crippen MR) is 109 cm³/mol. The maximum Gasteiger partial charge on any atom is 0.328 e. The third-order valence-electron chi connectivity index (χ3n) is 4.07. The number of rotatable bonds is 9. The lowest BCUT2D eigenvalue weighted by Gasteiger charge is -2.12. The van der Waals surface area contributed by atoms with E-state index in [1.54, 1.807) is 41.2 Å². The lowest BCUT2D eigenvalue weighted by molar-refractivity contribution is -0.131. The number of ether oxygens (including phenoxy) is 1. The third-order valence-corrected chi connectivity index (χ3v) is 4.07. The molecule has 0 saturated carbocycles. The number of nitrogens with zero attached hydrogens (tertiary/aromatic N) is 2. The highest BCUT2D eigenvalue weighted by Crippen LogP contribution is 2.22. The van der Waals surface area contributed by atoms with Crippen LogP contribution in [0, 0.1) is 0 Å². The zero-order valence-corrected chi connectivity index (χ0v) is 15.7. The minimum absolute atomic E-state index is 0.173. The second kappa shape index (κ2) is 9.89. The van der Waals surface area contributed by atoms with Gasteiger partial charge in [0.25, 0.3) is 5.91 Å². The van der Waals surface area contributed by atoms with Gasteiger partial charge in [-0.2, -0.15) is 5.10 Å². The molecule has 0 aliphatic rings. The molecule has 1 amide bonds. The van der Waals surface area contributed by atoms with Gasteiger partial charge in [-0.25, -0.2) is 4.79 Å². The van der Waals surface area contributed by atoms with Crippen LogP contribution in [0.5, 0.6) is 5.75 Å². The molecule has 29 heavy (non-hydrogen) atoms. The maximum atomic E-state index is 12.1. The molecule has 7 heteroatoms. The van der Waals surface area contributed by atoms with Crippen molar-refractivity contribution < 1.29 is 19.4 Å².